The summed E-state index contributed by atoms with van der Waals surface area (Å²) in [6, 6.07) is 17.9. The molecule has 0 aromatic heterocycles. The van der Waals surface area contributed by atoms with Gasteiger partial charge in [0.25, 0.3) is 0 Å². The van der Waals surface area contributed by atoms with Crippen LogP contribution in [0.15, 0.2) is 54.6 Å². The minimum atomic E-state index is -0.374. The summed E-state index contributed by atoms with van der Waals surface area (Å²) in [7, 11) is 0. The van der Waals surface area contributed by atoms with Crippen molar-refractivity contribution in [3.05, 3.63) is 71.3 Å². The highest BCUT2D eigenvalue weighted by atomic mass is 16.5. The fourth-order valence-electron chi connectivity index (χ4n) is 1.84. The van der Waals surface area contributed by atoms with E-state index >= 15 is 0 Å². The number of nitrogens with one attached hydrogen (secondary N) is 1. The summed E-state index contributed by atoms with van der Waals surface area (Å²) in [6.07, 6.45) is 0.432. The highest BCUT2D eigenvalue weighted by Gasteiger charge is 2.02. The second-order valence-corrected chi connectivity index (χ2v) is 4.72. The first kappa shape index (κ1) is 14.1. The third-order valence-corrected chi connectivity index (χ3v) is 3.02. The molecule has 1 N–H and O–H groups in total. The smallest absolute Gasteiger partial charge is 0.407 e. The van der Waals surface area contributed by atoms with E-state index in [4.69, 9.17) is 4.74 Å². The van der Waals surface area contributed by atoms with Crippen molar-refractivity contribution in [1.29, 1.82) is 0 Å². The van der Waals surface area contributed by atoms with Crippen molar-refractivity contribution in [2.24, 2.45) is 0 Å². The van der Waals surface area contributed by atoms with E-state index in [0.717, 1.165) is 12.0 Å². The Kier molecular flexibility index (Phi) is 5.18. The number of rotatable bonds is 5. The van der Waals surface area contributed by atoms with Crippen LogP contribution in [0.4, 0.5) is 4.79 Å². The quantitative estimate of drug-likeness (QED) is 0.902. The van der Waals surface area contributed by atoms with Gasteiger partial charge in [0.15, 0.2) is 0 Å². The summed E-state index contributed by atoms with van der Waals surface area (Å²) in [6.45, 7) is 2.94. The molecule has 0 heterocycles. The predicted octanol–water partition coefficient (Wildman–Crippen LogP) is 3.46. The van der Waals surface area contributed by atoms with E-state index in [2.05, 4.69) is 36.5 Å². The highest BCUT2D eigenvalue weighted by Crippen LogP contribution is 2.03. The SMILES string of the molecule is Cc1ccc(CCNC(=O)OCc2ccccc2)cc1. The lowest BCUT2D eigenvalue weighted by Crippen LogP contribution is -2.26. The zero-order valence-electron chi connectivity index (χ0n) is 11.6. The Morgan fingerprint density at radius 1 is 1.00 bits per heavy atom. The number of hydrogen-bond donors (Lipinski definition) is 1. The Morgan fingerprint density at radius 3 is 2.40 bits per heavy atom. The van der Waals surface area contributed by atoms with Crippen LogP contribution < -0.4 is 5.32 Å². The number of carbonyl (C=O) groups excluding carboxylic acids is 1. The Labute approximate surface area is 119 Å². The van der Waals surface area contributed by atoms with E-state index in [-0.39, 0.29) is 6.09 Å². The molecule has 0 unspecified atom stereocenters. The minimum absolute atomic E-state index is 0.303. The first-order chi connectivity index (χ1) is 9.74. The van der Waals surface area contributed by atoms with E-state index in [0.29, 0.717) is 13.2 Å². The van der Waals surface area contributed by atoms with Crippen LogP contribution in [0.3, 0.4) is 0 Å². The predicted molar refractivity (Wildman–Crippen MR) is 79.5 cm³/mol. The fraction of sp³-hybridized carbons (Fsp3) is 0.235. The summed E-state index contributed by atoms with van der Waals surface area (Å²) < 4.78 is 5.14. The number of alkyl carbamates (subject to hydrolysis) is 1. The number of hydrogen-bond acceptors (Lipinski definition) is 2. The van der Waals surface area contributed by atoms with Gasteiger partial charge in [0.05, 0.1) is 0 Å². The van der Waals surface area contributed by atoms with Crippen LogP contribution in [0.2, 0.25) is 0 Å². The number of ether oxygens (including phenoxy) is 1. The summed E-state index contributed by atoms with van der Waals surface area (Å²) in [5.41, 5.74) is 3.43. The molecule has 0 saturated carbocycles. The standard InChI is InChI=1S/C17H19NO2/c1-14-7-9-15(10-8-14)11-12-18-17(19)20-13-16-5-3-2-4-6-16/h2-10H,11-13H2,1H3,(H,18,19). The molecule has 0 atom stereocenters. The van der Waals surface area contributed by atoms with Gasteiger partial charge in [-0.15, -0.1) is 0 Å². The van der Waals surface area contributed by atoms with Crippen molar-refractivity contribution >= 4 is 6.09 Å². The maximum absolute atomic E-state index is 11.5. The van der Waals surface area contributed by atoms with Crippen molar-refractivity contribution in [2.45, 2.75) is 20.0 Å². The monoisotopic (exact) mass is 269 g/mol. The average molecular weight is 269 g/mol. The van der Waals surface area contributed by atoms with Crippen LogP contribution in [-0.4, -0.2) is 12.6 Å². The van der Waals surface area contributed by atoms with E-state index in [1.807, 2.05) is 30.3 Å². The molecule has 0 radical (unpaired) electrons. The molecule has 2 rings (SSSR count). The molecule has 0 bridgehead atoms. The maximum atomic E-state index is 11.5. The summed E-state index contributed by atoms with van der Waals surface area (Å²) in [4.78, 5) is 11.5. The summed E-state index contributed by atoms with van der Waals surface area (Å²) in [5, 5.41) is 2.75. The maximum Gasteiger partial charge on any atom is 0.407 e. The second kappa shape index (κ2) is 7.34. The van der Waals surface area contributed by atoms with Gasteiger partial charge < -0.3 is 10.1 Å². The van der Waals surface area contributed by atoms with E-state index < -0.39 is 0 Å². The molecule has 2 aromatic rings. The normalized spacial score (nSPS) is 10.1. The van der Waals surface area contributed by atoms with Gasteiger partial charge >= 0.3 is 6.09 Å². The summed E-state index contributed by atoms with van der Waals surface area (Å²) in [5.74, 6) is 0. The van der Waals surface area contributed by atoms with Gasteiger partial charge in [0.1, 0.15) is 6.61 Å². The molecule has 20 heavy (non-hydrogen) atoms. The number of carbonyl (C=O) groups is 1. The van der Waals surface area contributed by atoms with Crippen molar-refractivity contribution in [2.75, 3.05) is 6.54 Å². The zero-order chi connectivity index (χ0) is 14.2. The Morgan fingerprint density at radius 2 is 1.70 bits per heavy atom. The van der Waals surface area contributed by atoms with Gasteiger partial charge in [-0.3, -0.25) is 0 Å². The third kappa shape index (κ3) is 4.76. The molecule has 0 aliphatic rings. The van der Waals surface area contributed by atoms with E-state index in [1.54, 1.807) is 0 Å². The lowest BCUT2D eigenvalue weighted by Gasteiger charge is -2.07. The molecule has 0 aliphatic heterocycles. The van der Waals surface area contributed by atoms with Crippen molar-refractivity contribution < 1.29 is 9.53 Å². The van der Waals surface area contributed by atoms with E-state index in [9.17, 15) is 4.79 Å². The molecular weight excluding hydrogens is 250 g/mol. The van der Waals surface area contributed by atoms with Crippen molar-refractivity contribution in [1.82, 2.24) is 5.32 Å². The van der Waals surface area contributed by atoms with Gasteiger partial charge in [-0.25, -0.2) is 4.79 Å². The largest absolute Gasteiger partial charge is 0.445 e. The topological polar surface area (TPSA) is 38.3 Å². The van der Waals surface area contributed by atoms with Crippen LogP contribution >= 0.6 is 0 Å². The fourth-order valence-corrected chi connectivity index (χ4v) is 1.84. The molecule has 1 amide bonds. The van der Waals surface area contributed by atoms with E-state index in [1.165, 1.54) is 11.1 Å². The van der Waals surface area contributed by atoms with Crippen molar-refractivity contribution in [3.63, 3.8) is 0 Å². The second-order valence-electron chi connectivity index (χ2n) is 4.72. The molecule has 0 saturated heterocycles. The van der Waals surface area contributed by atoms with Gasteiger partial charge in [-0.05, 0) is 24.5 Å². The van der Waals surface area contributed by atoms with Crippen LogP contribution in [0.25, 0.3) is 0 Å². The van der Waals surface area contributed by atoms with Crippen molar-refractivity contribution in [3.8, 4) is 0 Å². The van der Waals surface area contributed by atoms with Gasteiger partial charge in [-0.2, -0.15) is 0 Å². The summed E-state index contributed by atoms with van der Waals surface area (Å²) >= 11 is 0. The van der Waals surface area contributed by atoms with Gasteiger partial charge in [0.2, 0.25) is 0 Å². The lowest BCUT2D eigenvalue weighted by atomic mass is 10.1. The molecule has 0 fully saturated rings. The van der Waals surface area contributed by atoms with Crippen LogP contribution in [-0.2, 0) is 17.8 Å². The van der Waals surface area contributed by atoms with Crippen LogP contribution in [0.1, 0.15) is 16.7 Å². The molecular formula is C17H19NO2. The number of aryl methyl sites for hydroxylation is 1. The van der Waals surface area contributed by atoms with Gasteiger partial charge in [0, 0.05) is 6.54 Å². The first-order valence-corrected chi connectivity index (χ1v) is 6.74. The lowest BCUT2D eigenvalue weighted by molar-refractivity contribution is 0.140. The highest BCUT2D eigenvalue weighted by molar-refractivity contribution is 5.67. The Balaban J connectivity index is 1.66. The van der Waals surface area contributed by atoms with Gasteiger partial charge in [-0.1, -0.05) is 60.2 Å². The molecule has 2 aromatic carbocycles. The zero-order valence-corrected chi connectivity index (χ0v) is 11.6. The Bertz CT molecular complexity index is 535. The minimum Gasteiger partial charge on any atom is -0.445 e. The number of benzene rings is 2. The Hall–Kier alpha value is -2.29. The third-order valence-electron chi connectivity index (χ3n) is 3.02. The average Bonchev–Trinajstić information content (AvgIpc) is 2.48. The van der Waals surface area contributed by atoms with Crippen LogP contribution in [0, 0.1) is 6.92 Å². The molecule has 0 aliphatic carbocycles. The number of amides is 1. The van der Waals surface area contributed by atoms with Crippen LogP contribution in [0.5, 0.6) is 0 Å². The molecule has 3 heteroatoms. The molecule has 3 nitrogen and oxygen atoms in total. The molecule has 0 spiro atoms. The first-order valence-electron chi connectivity index (χ1n) is 6.74. The molecule has 104 valence electrons.